The number of carbonyl (C=O) groups excluding carboxylic acids is 1. The molecule has 3 atom stereocenters. The number of ether oxygens (including phenoxy) is 1. The van der Waals surface area contributed by atoms with Crippen molar-refractivity contribution >= 4 is 12.1 Å². The van der Waals surface area contributed by atoms with E-state index in [0.29, 0.717) is 12.4 Å². The van der Waals surface area contributed by atoms with Crippen LogP contribution in [0.1, 0.15) is 13.3 Å². The van der Waals surface area contributed by atoms with Gasteiger partial charge >= 0.3 is 6.09 Å². The van der Waals surface area contributed by atoms with Crippen molar-refractivity contribution in [1.82, 2.24) is 20.9 Å². The average molecular weight is 366 g/mol. The number of nitrogens with two attached hydrogens (primary N) is 1. The van der Waals surface area contributed by atoms with Crippen molar-refractivity contribution in [2.75, 3.05) is 19.7 Å². The summed E-state index contributed by atoms with van der Waals surface area (Å²) in [6, 6.07) is -1.23. The summed E-state index contributed by atoms with van der Waals surface area (Å²) < 4.78 is 5.25. The molecule has 0 radical (unpaired) electrons. The Hall–Kier alpha value is -2.60. The maximum absolute atomic E-state index is 11.9. The largest absolute Gasteiger partial charge is 0.447 e. The Kier molecular flexibility index (Phi) is 3.37. The van der Waals surface area contributed by atoms with Crippen LogP contribution in [0, 0.1) is 0 Å². The van der Waals surface area contributed by atoms with Gasteiger partial charge in [0.05, 0.1) is 18.4 Å². The molecule has 0 bridgehead atoms. The first-order chi connectivity index (χ1) is 12.2. The van der Waals surface area contributed by atoms with Gasteiger partial charge in [0.25, 0.3) is 0 Å². The highest BCUT2D eigenvalue weighted by Gasteiger charge is 2.69. The van der Waals surface area contributed by atoms with Crippen molar-refractivity contribution in [1.29, 1.82) is 0 Å². The number of nitrogens with zero attached hydrogens (tertiary/aromatic N) is 4. The Labute approximate surface area is 149 Å². The molecule has 4 aliphatic rings. The lowest BCUT2D eigenvalue weighted by atomic mass is 9.86. The Morgan fingerprint density at radius 1 is 1.54 bits per heavy atom. The lowest BCUT2D eigenvalue weighted by molar-refractivity contribution is -0.229. The van der Waals surface area contributed by atoms with E-state index in [4.69, 9.17) is 10.5 Å². The quantitative estimate of drug-likeness (QED) is 0.302. The molecule has 2 saturated heterocycles. The Morgan fingerprint density at radius 2 is 2.27 bits per heavy atom. The number of nitrogens with one attached hydrogen (secondary N) is 3. The van der Waals surface area contributed by atoms with Crippen LogP contribution in [0.4, 0.5) is 4.79 Å². The van der Waals surface area contributed by atoms with Gasteiger partial charge in [0.15, 0.2) is 11.6 Å². The molecule has 12 heteroatoms. The zero-order valence-electron chi connectivity index (χ0n) is 14.3. The summed E-state index contributed by atoms with van der Waals surface area (Å²) in [4.78, 5) is 17.9. The Morgan fingerprint density at radius 3 is 2.96 bits per heavy atom. The molecule has 0 aromatic heterocycles. The minimum atomic E-state index is -2.07. The molecule has 2 unspecified atom stereocenters. The number of amides is 1. The molecular formula is C14H22N8O4. The molecule has 4 heterocycles. The highest BCUT2D eigenvalue weighted by atomic mass is 16.5. The number of hydrogen-bond donors (Lipinski definition) is 6. The van der Waals surface area contributed by atoms with Crippen LogP contribution in [0.2, 0.25) is 0 Å². The molecule has 1 spiro atoms. The second-order valence-corrected chi connectivity index (χ2v) is 7.14. The highest BCUT2D eigenvalue weighted by Crippen LogP contribution is 2.45. The fraction of sp³-hybridized carbons (Fsp3) is 0.714. The molecule has 0 saturated carbocycles. The predicted molar refractivity (Wildman–Crippen MR) is 88.4 cm³/mol. The standard InChI is InChI=1S/C14H22N8O4/c1-7-17-8(5-26-11(23)16-6-12(2)20-21-12)9-14(19-10(15)18-9)13(24,25)3-4-22(7)14/h8-9,17,24-25H,1,3-6H2,2H3,(H,16,23)(H3,15,18,19)/t8?,9-,14?/m0/s1. The van der Waals surface area contributed by atoms with Crippen molar-refractivity contribution in [2.24, 2.45) is 21.0 Å². The number of carbonyl (C=O) groups is 1. The van der Waals surface area contributed by atoms with Crippen LogP contribution in [0.25, 0.3) is 0 Å². The normalized spacial score (nSPS) is 35.0. The minimum absolute atomic E-state index is 0.0648. The van der Waals surface area contributed by atoms with Crippen LogP contribution >= 0.6 is 0 Å². The molecule has 0 aromatic carbocycles. The van der Waals surface area contributed by atoms with Gasteiger partial charge in [-0.2, -0.15) is 10.2 Å². The maximum Gasteiger partial charge on any atom is 0.407 e. The van der Waals surface area contributed by atoms with Gasteiger partial charge in [-0.1, -0.05) is 6.58 Å². The predicted octanol–water partition coefficient (Wildman–Crippen LogP) is -2.29. The van der Waals surface area contributed by atoms with Gasteiger partial charge < -0.3 is 41.5 Å². The van der Waals surface area contributed by atoms with E-state index in [1.165, 1.54) is 0 Å². The van der Waals surface area contributed by atoms with Gasteiger partial charge in [0.1, 0.15) is 12.6 Å². The van der Waals surface area contributed by atoms with E-state index >= 15 is 0 Å². The number of hydrogen-bond acceptors (Lipinski definition) is 11. The van der Waals surface area contributed by atoms with Crippen molar-refractivity contribution < 1.29 is 19.7 Å². The average Bonchev–Trinajstić information content (AvgIpc) is 3.09. The fourth-order valence-electron chi connectivity index (χ4n) is 3.80. The third kappa shape index (κ3) is 2.36. The lowest BCUT2D eigenvalue weighted by Gasteiger charge is -2.51. The second-order valence-electron chi connectivity index (χ2n) is 7.14. The molecule has 12 nitrogen and oxygen atoms in total. The molecule has 142 valence electrons. The molecule has 7 N–H and O–H groups in total. The van der Waals surface area contributed by atoms with Crippen molar-refractivity contribution in [3.8, 4) is 0 Å². The molecule has 26 heavy (non-hydrogen) atoms. The second kappa shape index (κ2) is 5.20. The Balaban J connectivity index is 1.46. The van der Waals surface area contributed by atoms with Gasteiger partial charge in [0, 0.05) is 13.0 Å². The van der Waals surface area contributed by atoms with Gasteiger partial charge in [-0.25, -0.2) is 9.79 Å². The topological polar surface area (TPSA) is 169 Å². The van der Waals surface area contributed by atoms with Gasteiger partial charge in [-0.3, -0.25) is 0 Å². The Bertz CT molecular complexity index is 716. The van der Waals surface area contributed by atoms with Crippen LogP contribution in [-0.2, 0) is 4.74 Å². The van der Waals surface area contributed by atoms with E-state index in [1.54, 1.807) is 11.8 Å². The third-order valence-corrected chi connectivity index (χ3v) is 5.21. The van der Waals surface area contributed by atoms with Crippen LogP contribution in [0.3, 0.4) is 0 Å². The number of aliphatic hydroxyl groups is 2. The van der Waals surface area contributed by atoms with E-state index in [2.05, 4.69) is 37.8 Å². The SMILES string of the molecule is C=C1NC(COC(=O)NCC2(C)N=N2)[C@@H]2N=C(N)NC23N1CCC3(O)O. The molecule has 4 aliphatic heterocycles. The molecule has 1 amide bonds. The number of aliphatic imine (C=N–C) groups is 1. The molecule has 2 fully saturated rings. The van der Waals surface area contributed by atoms with Crippen molar-refractivity contribution in [2.45, 2.75) is 42.5 Å². The van der Waals surface area contributed by atoms with Crippen molar-refractivity contribution in [3.63, 3.8) is 0 Å². The summed E-state index contributed by atoms with van der Waals surface area (Å²) in [7, 11) is 0. The zero-order valence-corrected chi connectivity index (χ0v) is 14.3. The van der Waals surface area contributed by atoms with Crippen LogP contribution in [0.15, 0.2) is 27.6 Å². The van der Waals surface area contributed by atoms with Crippen molar-refractivity contribution in [3.05, 3.63) is 12.4 Å². The third-order valence-electron chi connectivity index (χ3n) is 5.21. The van der Waals surface area contributed by atoms with E-state index in [1.807, 2.05) is 0 Å². The molecule has 4 rings (SSSR count). The van der Waals surface area contributed by atoms with E-state index in [0.717, 1.165) is 0 Å². The first kappa shape index (κ1) is 16.8. The summed E-state index contributed by atoms with van der Waals surface area (Å²) in [5, 5.41) is 37.3. The monoisotopic (exact) mass is 366 g/mol. The zero-order chi connectivity index (χ0) is 18.7. The molecule has 0 aliphatic carbocycles. The first-order valence-corrected chi connectivity index (χ1v) is 8.31. The van der Waals surface area contributed by atoms with Gasteiger partial charge in [-0.15, -0.1) is 0 Å². The molecular weight excluding hydrogens is 344 g/mol. The van der Waals surface area contributed by atoms with Crippen LogP contribution in [0.5, 0.6) is 0 Å². The minimum Gasteiger partial charge on any atom is -0.447 e. The smallest absolute Gasteiger partial charge is 0.407 e. The lowest BCUT2D eigenvalue weighted by Crippen LogP contribution is -2.77. The highest BCUT2D eigenvalue weighted by molar-refractivity contribution is 5.82. The van der Waals surface area contributed by atoms with Crippen LogP contribution < -0.4 is 21.7 Å². The van der Waals surface area contributed by atoms with Crippen LogP contribution in [-0.4, -0.2) is 76.1 Å². The van der Waals surface area contributed by atoms with E-state index < -0.39 is 35.3 Å². The number of guanidine groups is 1. The van der Waals surface area contributed by atoms with Gasteiger partial charge in [-0.05, 0) is 6.92 Å². The number of alkyl carbamates (subject to hydrolysis) is 1. The first-order valence-electron chi connectivity index (χ1n) is 8.31. The maximum atomic E-state index is 11.9. The summed E-state index contributed by atoms with van der Waals surface area (Å²) in [6.07, 6.45) is -0.527. The summed E-state index contributed by atoms with van der Waals surface area (Å²) in [5.74, 6) is -1.51. The van der Waals surface area contributed by atoms with Gasteiger partial charge in [0.2, 0.25) is 11.4 Å². The fourth-order valence-corrected chi connectivity index (χ4v) is 3.80. The van der Waals surface area contributed by atoms with E-state index in [-0.39, 0.29) is 25.5 Å². The summed E-state index contributed by atoms with van der Waals surface area (Å²) in [5.41, 5.74) is 3.92. The summed E-state index contributed by atoms with van der Waals surface area (Å²) >= 11 is 0. The summed E-state index contributed by atoms with van der Waals surface area (Å²) in [6.45, 7) is 6.27. The van der Waals surface area contributed by atoms with E-state index in [9.17, 15) is 15.0 Å². The number of rotatable bonds is 4. The molecule has 0 aromatic rings.